The van der Waals surface area contributed by atoms with Gasteiger partial charge < -0.3 is 4.74 Å². The number of nitrogens with zero attached hydrogens (tertiary/aromatic N) is 1. The highest BCUT2D eigenvalue weighted by atomic mass is 16.5. The summed E-state index contributed by atoms with van der Waals surface area (Å²) < 4.78 is 5.89. The van der Waals surface area contributed by atoms with Crippen molar-refractivity contribution in [1.29, 1.82) is 0 Å². The monoisotopic (exact) mass is 371 g/mol. The molecule has 0 aromatic heterocycles. The summed E-state index contributed by atoms with van der Waals surface area (Å²) in [6.45, 7) is 2.02. The molecule has 1 aliphatic heterocycles. The zero-order chi connectivity index (χ0) is 19.0. The fourth-order valence-electron chi connectivity index (χ4n) is 5.69. The van der Waals surface area contributed by atoms with E-state index in [0.717, 1.165) is 11.3 Å². The van der Waals surface area contributed by atoms with E-state index in [1.54, 1.807) is 0 Å². The van der Waals surface area contributed by atoms with Crippen molar-refractivity contribution in [2.45, 2.75) is 13.3 Å². The van der Waals surface area contributed by atoms with Gasteiger partial charge in [-0.2, -0.15) is 0 Å². The van der Waals surface area contributed by atoms with Crippen LogP contribution in [-0.2, 0) is 9.59 Å². The summed E-state index contributed by atoms with van der Waals surface area (Å²) in [4.78, 5) is 27.7. The van der Waals surface area contributed by atoms with Crippen LogP contribution in [0.1, 0.15) is 12.0 Å². The van der Waals surface area contributed by atoms with Gasteiger partial charge >= 0.3 is 0 Å². The Morgan fingerprint density at radius 1 is 0.857 bits per heavy atom. The maximum Gasteiger partial charge on any atom is 0.238 e. The predicted molar refractivity (Wildman–Crippen MR) is 105 cm³/mol. The second kappa shape index (κ2) is 5.57. The first-order valence-corrected chi connectivity index (χ1v) is 10.0. The molecule has 2 bridgehead atoms. The summed E-state index contributed by atoms with van der Waals surface area (Å²) in [7, 11) is 0. The highest BCUT2D eigenvalue weighted by Gasteiger charge is 2.67. The molecule has 0 radical (unpaired) electrons. The Balaban J connectivity index is 1.27. The average Bonchev–Trinajstić information content (AvgIpc) is 3.47. The van der Waals surface area contributed by atoms with Gasteiger partial charge in [-0.1, -0.05) is 24.3 Å². The number of amides is 2. The molecule has 0 N–H and O–H groups in total. The van der Waals surface area contributed by atoms with Crippen LogP contribution in [0, 0.1) is 42.4 Å². The fourth-order valence-corrected chi connectivity index (χ4v) is 5.69. The fraction of sp³-hybridized carbons (Fsp3) is 0.333. The number of imide groups is 1. The molecule has 4 nitrogen and oxygen atoms in total. The zero-order valence-corrected chi connectivity index (χ0v) is 15.6. The molecule has 1 saturated heterocycles. The molecule has 2 saturated carbocycles. The van der Waals surface area contributed by atoms with Gasteiger partial charge in [0.25, 0.3) is 0 Å². The third-order valence-corrected chi connectivity index (χ3v) is 6.98. The smallest absolute Gasteiger partial charge is 0.238 e. The number of benzene rings is 2. The van der Waals surface area contributed by atoms with E-state index in [4.69, 9.17) is 4.74 Å². The van der Waals surface area contributed by atoms with E-state index in [9.17, 15) is 9.59 Å². The number of hydrogen-bond donors (Lipinski definition) is 0. The van der Waals surface area contributed by atoms with Crippen molar-refractivity contribution in [2.24, 2.45) is 35.5 Å². The molecule has 2 aromatic carbocycles. The van der Waals surface area contributed by atoms with Gasteiger partial charge in [-0.05, 0) is 79.0 Å². The third kappa shape index (κ3) is 2.17. The standard InChI is InChI=1S/C24H21NO3/c1-13-3-2-4-16(11-13)28-15-7-5-14(6-8-15)25-23(26)21-17-9-10-18(20-12-19(17)20)22(21)24(25)27/h2-11,17-22H,12H2,1H3/t17-,18-,19-,20+,21-,22+/m1/s1. The SMILES string of the molecule is Cc1cccc(Oc2ccc(N3C(=O)[C@@H]4[C@@H]5C=C[C@H]([C@@H]6C[C@H]56)[C@@H]4C3=O)cc2)c1. The molecule has 6 atom stereocenters. The number of aryl methyl sites for hydroxylation is 1. The number of ether oxygens (including phenoxy) is 1. The molecule has 28 heavy (non-hydrogen) atoms. The van der Waals surface area contributed by atoms with Gasteiger partial charge in [0.1, 0.15) is 11.5 Å². The Morgan fingerprint density at radius 2 is 1.50 bits per heavy atom. The van der Waals surface area contributed by atoms with Crippen molar-refractivity contribution in [3.8, 4) is 11.5 Å². The van der Waals surface area contributed by atoms with E-state index < -0.39 is 0 Å². The lowest BCUT2D eigenvalue weighted by Crippen LogP contribution is -2.40. The van der Waals surface area contributed by atoms with Gasteiger partial charge in [0.15, 0.2) is 0 Å². The Hall–Kier alpha value is -2.88. The molecule has 0 unspecified atom stereocenters. The van der Waals surface area contributed by atoms with Crippen molar-refractivity contribution in [3.05, 3.63) is 66.2 Å². The van der Waals surface area contributed by atoms with Gasteiger partial charge in [0, 0.05) is 0 Å². The van der Waals surface area contributed by atoms with Crippen LogP contribution >= 0.6 is 0 Å². The third-order valence-electron chi connectivity index (χ3n) is 6.98. The van der Waals surface area contributed by atoms with E-state index >= 15 is 0 Å². The molecule has 0 spiro atoms. The maximum atomic E-state index is 13.2. The van der Waals surface area contributed by atoms with Crippen LogP contribution < -0.4 is 9.64 Å². The molecule has 2 amide bonds. The van der Waals surface area contributed by atoms with Gasteiger partial charge in [0.2, 0.25) is 11.8 Å². The van der Waals surface area contributed by atoms with Gasteiger partial charge in [0.05, 0.1) is 17.5 Å². The topological polar surface area (TPSA) is 46.6 Å². The molecule has 140 valence electrons. The molecule has 7 rings (SSSR count). The second-order valence-corrected chi connectivity index (χ2v) is 8.58. The Kier molecular flexibility index (Phi) is 3.20. The van der Waals surface area contributed by atoms with Gasteiger partial charge in [-0.25, -0.2) is 0 Å². The lowest BCUT2D eigenvalue weighted by molar-refractivity contribution is -0.124. The average molecular weight is 371 g/mol. The van der Waals surface area contributed by atoms with Gasteiger partial charge in [-0.3, -0.25) is 14.5 Å². The summed E-state index contributed by atoms with van der Waals surface area (Å²) in [5, 5.41) is 0. The van der Waals surface area contributed by atoms with E-state index in [0.29, 0.717) is 23.3 Å². The molecule has 4 aliphatic carbocycles. The quantitative estimate of drug-likeness (QED) is 0.595. The van der Waals surface area contributed by atoms with Crippen LogP contribution in [0.25, 0.3) is 0 Å². The van der Waals surface area contributed by atoms with Crippen LogP contribution in [0.3, 0.4) is 0 Å². The summed E-state index contributed by atoms with van der Waals surface area (Å²) in [5.74, 6) is 2.86. The van der Waals surface area contributed by atoms with Crippen molar-refractivity contribution in [2.75, 3.05) is 4.90 Å². The number of allylic oxidation sites excluding steroid dienone is 2. The summed E-state index contributed by atoms with van der Waals surface area (Å²) in [6, 6.07) is 15.1. The summed E-state index contributed by atoms with van der Waals surface area (Å²) in [5.41, 5.74) is 1.78. The Morgan fingerprint density at radius 3 is 2.11 bits per heavy atom. The molecule has 2 aromatic rings. The highest BCUT2D eigenvalue weighted by Crippen LogP contribution is 2.65. The first-order chi connectivity index (χ1) is 13.6. The van der Waals surface area contributed by atoms with Crippen molar-refractivity contribution >= 4 is 17.5 Å². The van der Waals surface area contributed by atoms with E-state index in [-0.39, 0.29) is 35.5 Å². The van der Waals surface area contributed by atoms with Crippen LogP contribution in [0.2, 0.25) is 0 Å². The number of carbonyl (C=O) groups is 2. The van der Waals surface area contributed by atoms with Crippen molar-refractivity contribution < 1.29 is 14.3 Å². The first kappa shape index (κ1) is 16.1. The summed E-state index contributed by atoms with van der Waals surface area (Å²) in [6.07, 6.45) is 5.59. The lowest BCUT2D eigenvalue weighted by atomic mass is 9.63. The Labute approximate surface area is 163 Å². The number of carbonyl (C=O) groups excluding carboxylic acids is 2. The van der Waals surface area contributed by atoms with Crippen LogP contribution in [0.15, 0.2) is 60.7 Å². The lowest BCUT2D eigenvalue weighted by Gasteiger charge is -2.37. The number of anilines is 1. The Bertz CT molecular complexity index is 988. The molecule has 1 heterocycles. The van der Waals surface area contributed by atoms with Crippen molar-refractivity contribution in [3.63, 3.8) is 0 Å². The second-order valence-electron chi connectivity index (χ2n) is 8.58. The zero-order valence-electron chi connectivity index (χ0n) is 15.6. The first-order valence-electron chi connectivity index (χ1n) is 10.0. The van der Waals surface area contributed by atoms with E-state index in [2.05, 4.69) is 12.2 Å². The van der Waals surface area contributed by atoms with E-state index in [1.165, 1.54) is 11.3 Å². The number of hydrogen-bond acceptors (Lipinski definition) is 3. The minimum atomic E-state index is -0.158. The van der Waals surface area contributed by atoms with Crippen molar-refractivity contribution in [1.82, 2.24) is 0 Å². The molecule has 3 fully saturated rings. The van der Waals surface area contributed by atoms with Crippen LogP contribution in [-0.4, -0.2) is 11.8 Å². The van der Waals surface area contributed by atoms with E-state index in [1.807, 2.05) is 55.5 Å². The predicted octanol–water partition coefficient (Wildman–Crippen LogP) is 4.34. The summed E-state index contributed by atoms with van der Waals surface area (Å²) >= 11 is 0. The largest absolute Gasteiger partial charge is 0.457 e. The highest BCUT2D eigenvalue weighted by molar-refractivity contribution is 6.22. The molecule has 4 heteroatoms. The molecular weight excluding hydrogens is 350 g/mol. The minimum Gasteiger partial charge on any atom is -0.457 e. The van der Waals surface area contributed by atoms with Crippen LogP contribution in [0.5, 0.6) is 11.5 Å². The van der Waals surface area contributed by atoms with Gasteiger partial charge in [-0.15, -0.1) is 0 Å². The normalized spacial score (nSPS) is 34.4. The molecular formula is C24H21NO3. The maximum absolute atomic E-state index is 13.2. The minimum absolute atomic E-state index is 0.0212. The van der Waals surface area contributed by atoms with Crippen LogP contribution in [0.4, 0.5) is 5.69 Å². The molecule has 5 aliphatic rings. The number of rotatable bonds is 3.